The highest BCUT2D eigenvalue weighted by Gasteiger charge is 2.38. The van der Waals surface area contributed by atoms with Gasteiger partial charge in [-0.3, -0.25) is 4.79 Å². The molecule has 2 fully saturated rings. The van der Waals surface area contributed by atoms with E-state index in [4.69, 9.17) is 0 Å². The summed E-state index contributed by atoms with van der Waals surface area (Å²) in [6, 6.07) is 9.02. The molecule has 1 amide bonds. The maximum atomic E-state index is 12.9. The number of hydrogen-bond donors (Lipinski definition) is 1. The van der Waals surface area contributed by atoms with E-state index in [2.05, 4.69) is 43.1 Å². The molecule has 2 aliphatic heterocycles. The topological polar surface area (TPSA) is 32.3 Å². The van der Waals surface area contributed by atoms with Gasteiger partial charge >= 0.3 is 0 Å². The Morgan fingerprint density at radius 3 is 2.36 bits per heavy atom. The highest BCUT2D eigenvalue weighted by molar-refractivity contribution is 5.95. The van der Waals surface area contributed by atoms with E-state index in [9.17, 15) is 4.79 Å². The highest BCUT2D eigenvalue weighted by atomic mass is 35.5. The minimum Gasteiger partial charge on any atom is -0.331 e. The van der Waals surface area contributed by atoms with E-state index in [0.717, 1.165) is 37.9 Å². The number of amides is 1. The molecule has 2 atom stereocenters. The van der Waals surface area contributed by atoms with Crippen LogP contribution in [-0.4, -0.2) is 36.0 Å². The third-order valence-corrected chi connectivity index (χ3v) is 4.89. The Kier molecular flexibility index (Phi) is 5.18. The SMILES string of the molecule is CC(C)(C)c1ccc(C(=O)N2C3CCNCC2CC3)cc1.Cl. The Labute approximate surface area is 139 Å². The van der Waals surface area contributed by atoms with E-state index in [1.165, 1.54) is 5.56 Å². The molecule has 2 unspecified atom stereocenters. The average molecular weight is 323 g/mol. The lowest BCUT2D eigenvalue weighted by Crippen LogP contribution is -2.42. The summed E-state index contributed by atoms with van der Waals surface area (Å²) in [6.07, 6.45) is 3.39. The highest BCUT2D eigenvalue weighted by Crippen LogP contribution is 2.30. The molecule has 22 heavy (non-hydrogen) atoms. The van der Waals surface area contributed by atoms with Crippen LogP contribution in [0, 0.1) is 0 Å². The molecule has 2 heterocycles. The summed E-state index contributed by atoms with van der Waals surface area (Å²) in [5.41, 5.74) is 2.24. The lowest BCUT2D eigenvalue weighted by Gasteiger charge is -2.28. The molecular formula is C18H27ClN2O. The molecular weight excluding hydrogens is 296 g/mol. The molecule has 4 heteroatoms. The van der Waals surface area contributed by atoms with Crippen molar-refractivity contribution in [1.29, 1.82) is 0 Å². The first kappa shape index (κ1) is 17.3. The van der Waals surface area contributed by atoms with Crippen LogP contribution in [0.5, 0.6) is 0 Å². The zero-order chi connectivity index (χ0) is 15.0. The zero-order valence-electron chi connectivity index (χ0n) is 13.8. The normalized spacial score (nSPS) is 24.6. The lowest BCUT2D eigenvalue weighted by molar-refractivity contribution is 0.0680. The van der Waals surface area contributed by atoms with Crippen molar-refractivity contribution in [2.24, 2.45) is 0 Å². The molecule has 0 aliphatic carbocycles. The molecule has 122 valence electrons. The standard InChI is InChI=1S/C18H26N2O.ClH/c1-18(2,3)14-6-4-13(5-7-14)17(21)20-15-8-9-16(20)12-19-11-10-15;/h4-7,15-16,19H,8-12H2,1-3H3;1H. The van der Waals surface area contributed by atoms with Crippen molar-refractivity contribution in [3.05, 3.63) is 35.4 Å². The lowest BCUT2D eigenvalue weighted by atomic mass is 9.86. The fourth-order valence-corrected chi connectivity index (χ4v) is 3.58. The Bertz CT molecular complexity index is 507. The number of nitrogens with zero attached hydrogens (tertiary/aromatic N) is 1. The molecule has 1 N–H and O–H groups in total. The van der Waals surface area contributed by atoms with Crippen LogP contribution in [0.1, 0.15) is 56.0 Å². The fraction of sp³-hybridized carbons (Fsp3) is 0.611. The van der Waals surface area contributed by atoms with Gasteiger partial charge in [0.05, 0.1) is 0 Å². The summed E-state index contributed by atoms with van der Waals surface area (Å²) in [7, 11) is 0. The van der Waals surface area contributed by atoms with E-state index in [1.807, 2.05) is 12.1 Å². The van der Waals surface area contributed by atoms with Gasteiger partial charge in [0.25, 0.3) is 5.91 Å². The number of halogens is 1. The van der Waals surface area contributed by atoms with E-state index >= 15 is 0 Å². The summed E-state index contributed by atoms with van der Waals surface area (Å²) in [4.78, 5) is 15.0. The van der Waals surface area contributed by atoms with Crippen molar-refractivity contribution in [1.82, 2.24) is 10.2 Å². The monoisotopic (exact) mass is 322 g/mol. The Hall–Kier alpha value is -1.06. The first-order chi connectivity index (χ1) is 9.97. The second-order valence-corrected chi connectivity index (χ2v) is 7.42. The summed E-state index contributed by atoms with van der Waals surface area (Å²) in [5, 5.41) is 3.45. The molecule has 3 nitrogen and oxygen atoms in total. The van der Waals surface area contributed by atoms with Gasteiger partial charge in [-0.15, -0.1) is 12.4 Å². The van der Waals surface area contributed by atoms with Crippen molar-refractivity contribution in [3.8, 4) is 0 Å². The third-order valence-electron chi connectivity index (χ3n) is 4.89. The van der Waals surface area contributed by atoms with E-state index < -0.39 is 0 Å². The number of fused-ring (bicyclic) bond motifs is 2. The predicted molar refractivity (Wildman–Crippen MR) is 92.9 cm³/mol. The van der Waals surface area contributed by atoms with Crippen LogP contribution in [0.25, 0.3) is 0 Å². The smallest absolute Gasteiger partial charge is 0.254 e. The molecule has 1 aromatic rings. The van der Waals surface area contributed by atoms with Crippen LogP contribution in [0.15, 0.2) is 24.3 Å². The Balaban J connectivity index is 0.00000176. The van der Waals surface area contributed by atoms with E-state index in [1.54, 1.807) is 0 Å². The van der Waals surface area contributed by atoms with Crippen LogP contribution in [0.3, 0.4) is 0 Å². The van der Waals surface area contributed by atoms with E-state index in [-0.39, 0.29) is 23.7 Å². The summed E-state index contributed by atoms with van der Waals surface area (Å²) in [6.45, 7) is 8.58. The molecule has 2 aliphatic rings. The van der Waals surface area contributed by atoms with Gasteiger partial charge in [-0.2, -0.15) is 0 Å². The third kappa shape index (κ3) is 3.31. The number of rotatable bonds is 1. The predicted octanol–water partition coefficient (Wildman–Crippen LogP) is 3.37. The van der Waals surface area contributed by atoms with Crippen LogP contribution in [0.4, 0.5) is 0 Å². The number of carbonyl (C=O) groups is 1. The Morgan fingerprint density at radius 1 is 1.09 bits per heavy atom. The van der Waals surface area contributed by atoms with Gasteiger partial charge in [0.1, 0.15) is 0 Å². The van der Waals surface area contributed by atoms with Crippen LogP contribution in [-0.2, 0) is 5.41 Å². The first-order valence-electron chi connectivity index (χ1n) is 8.11. The van der Waals surface area contributed by atoms with Crippen molar-refractivity contribution in [3.63, 3.8) is 0 Å². The van der Waals surface area contributed by atoms with Crippen molar-refractivity contribution < 1.29 is 4.79 Å². The van der Waals surface area contributed by atoms with Gasteiger partial charge in [0.2, 0.25) is 0 Å². The first-order valence-corrected chi connectivity index (χ1v) is 8.11. The van der Waals surface area contributed by atoms with Crippen LogP contribution < -0.4 is 5.32 Å². The van der Waals surface area contributed by atoms with E-state index in [0.29, 0.717) is 12.1 Å². The number of carbonyl (C=O) groups excluding carboxylic acids is 1. The molecule has 2 saturated heterocycles. The maximum Gasteiger partial charge on any atom is 0.254 e. The van der Waals surface area contributed by atoms with Crippen molar-refractivity contribution >= 4 is 18.3 Å². The molecule has 2 bridgehead atoms. The number of nitrogens with one attached hydrogen (secondary N) is 1. The molecule has 0 saturated carbocycles. The minimum absolute atomic E-state index is 0. The molecule has 0 aromatic heterocycles. The number of hydrogen-bond acceptors (Lipinski definition) is 2. The fourth-order valence-electron chi connectivity index (χ4n) is 3.58. The van der Waals surface area contributed by atoms with Gasteiger partial charge in [-0.25, -0.2) is 0 Å². The minimum atomic E-state index is 0. The van der Waals surface area contributed by atoms with Gasteiger partial charge in [0.15, 0.2) is 0 Å². The van der Waals surface area contributed by atoms with Crippen LogP contribution in [0.2, 0.25) is 0 Å². The van der Waals surface area contributed by atoms with Gasteiger partial charge in [0, 0.05) is 24.2 Å². The van der Waals surface area contributed by atoms with Crippen LogP contribution >= 0.6 is 12.4 Å². The summed E-state index contributed by atoms with van der Waals surface area (Å²) < 4.78 is 0. The second kappa shape index (κ2) is 6.59. The summed E-state index contributed by atoms with van der Waals surface area (Å²) >= 11 is 0. The summed E-state index contributed by atoms with van der Waals surface area (Å²) in [5.74, 6) is 0.214. The zero-order valence-corrected chi connectivity index (χ0v) is 14.6. The molecule has 0 spiro atoms. The molecule has 3 rings (SSSR count). The van der Waals surface area contributed by atoms with Gasteiger partial charge in [-0.05, 0) is 48.9 Å². The van der Waals surface area contributed by atoms with Gasteiger partial charge in [-0.1, -0.05) is 32.9 Å². The average Bonchev–Trinajstić information content (AvgIpc) is 2.70. The quantitative estimate of drug-likeness (QED) is 0.859. The maximum absolute atomic E-state index is 12.9. The van der Waals surface area contributed by atoms with Crippen molar-refractivity contribution in [2.45, 2.75) is 57.5 Å². The largest absolute Gasteiger partial charge is 0.331 e. The molecule has 1 aromatic carbocycles. The number of benzene rings is 1. The van der Waals surface area contributed by atoms with Crippen molar-refractivity contribution in [2.75, 3.05) is 13.1 Å². The van der Waals surface area contributed by atoms with Gasteiger partial charge < -0.3 is 10.2 Å². The Morgan fingerprint density at radius 2 is 1.73 bits per heavy atom. The molecule has 0 radical (unpaired) electrons. The second-order valence-electron chi connectivity index (χ2n) is 7.42.